The van der Waals surface area contributed by atoms with Gasteiger partial charge in [-0.3, -0.25) is 4.79 Å². The molecule has 0 aliphatic carbocycles. The van der Waals surface area contributed by atoms with E-state index in [1.807, 2.05) is 12.1 Å². The summed E-state index contributed by atoms with van der Waals surface area (Å²) >= 11 is 6.78. The molecule has 138 valence electrons. The zero-order valence-electron chi connectivity index (χ0n) is 13.8. The molecule has 27 heavy (non-hydrogen) atoms. The van der Waals surface area contributed by atoms with E-state index in [-0.39, 0.29) is 25.1 Å². The van der Waals surface area contributed by atoms with E-state index in [1.165, 1.54) is 0 Å². The summed E-state index contributed by atoms with van der Waals surface area (Å²) in [6.45, 7) is 0.402. The molecule has 0 fully saturated rings. The fourth-order valence-electron chi connectivity index (χ4n) is 2.47. The van der Waals surface area contributed by atoms with Crippen LogP contribution >= 0.6 is 31.9 Å². The maximum absolute atomic E-state index is 12.4. The van der Waals surface area contributed by atoms with Gasteiger partial charge < -0.3 is 23.9 Å². The lowest BCUT2D eigenvalue weighted by atomic mass is 10.3. The molecule has 2 aromatic carbocycles. The van der Waals surface area contributed by atoms with Gasteiger partial charge in [-0.05, 0) is 58.4 Å². The Morgan fingerprint density at radius 3 is 2.74 bits per heavy atom. The van der Waals surface area contributed by atoms with Crippen LogP contribution < -0.4 is 19.5 Å². The standard InChI is InChI=1S/C19H13Br2NO5/c20-11-1-4-15(14(21)7-11)22-19(23)17-6-3-13(27-17)9-24-12-2-5-16-18(8-12)26-10-25-16/h1-8H,9-10H2,(H,22,23). The normalized spacial score (nSPS) is 12.1. The van der Waals surface area contributed by atoms with Crippen LogP contribution in [0.15, 0.2) is 61.9 Å². The first kappa shape index (κ1) is 17.9. The number of furan rings is 1. The number of fused-ring (bicyclic) bond motifs is 1. The van der Waals surface area contributed by atoms with Gasteiger partial charge in [0, 0.05) is 15.0 Å². The van der Waals surface area contributed by atoms with Gasteiger partial charge in [0.15, 0.2) is 17.3 Å². The largest absolute Gasteiger partial charge is 0.486 e. The van der Waals surface area contributed by atoms with Crippen molar-refractivity contribution in [2.45, 2.75) is 6.61 Å². The Labute approximate surface area is 171 Å². The Hall–Kier alpha value is -2.45. The van der Waals surface area contributed by atoms with Crippen LogP contribution in [0.25, 0.3) is 0 Å². The number of anilines is 1. The number of nitrogens with one attached hydrogen (secondary N) is 1. The van der Waals surface area contributed by atoms with E-state index in [2.05, 4.69) is 37.2 Å². The molecule has 0 bridgehead atoms. The molecule has 0 spiro atoms. The van der Waals surface area contributed by atoms with Crippen molar-refractivity contribution in [3.63, 3.8) is 0 Å². The topological polar surface area (TPSA) is 69.9 Å². The van der Waals surface area contributed by atoms with Crippen molar-refractivity contribution in [2.75, 3.05) is 12.1 Å². The fourth-order valence-corrected chi connectivity index (χ4v) is 3.62. The second kappa shape index (κ2) is 7.66. The summed E-state index contributed by atoms with van der Waals surface area (Å²) in [4.78, 5) is 12.4. The summed E-state index contributed by atoms with van der Waals surface area (Å²) < 4.78 is 23.5. The lowest BCUT2D eigenvalue weighted by Gasteiger charge is -2.06. The molecule has 6 nitrogen and oxygen atoms in total. The number of hydrogen-bond acceptors (Lipinski definition) is 5. The van der Waals surface area contributed by atoms with Gasteiger partial charge in [-0.15, -0.1) is 0 Å². The molecule has 1 amide bonds. The monoisotopic (exact) mass is 493 g/mol. The number of halogens is 2. The lowest BCUT2D eigenvalue weighted by Crippen LogP contribution is -2.11. The molecule has 1 N–H and O–H groups in total. The highest BCUT2D eigenvalue weighted by molar-refractivity contribution is 9.11. The van der Waals surface area contributed by atoms with Crippen molar-refractivity contribution in [1.82, 2.24) is 0 Å². The molecule has 0 unspecified atom stereocenters. The molecular weight excluding hydrogens is 482 g/mol. The number of hydrogen-bond donors (Lipinski definition) is 1. The average Bonchev–Trinajstić information content (AvgIpc) is 3.31. The molecule has 1 aliphatic heterocycles. The summed E-state index contributed by atoms with van der Waals surface area (Å²) in [6.07, 6.45) is 0. The van der Waals surface area contributed by atoms with E-state index >= 15 is 0 Å². The van der Waals surface area contributed by atoms with E-state index in [1.54, 1.807) is 36.4 Å². The highest BCUT2D eigenvalue weighted by atomic mass is 79.9. The van der Waals surface area contributed by atoms with Crippen LogP contribution in [0, 0.1) is 0 Å². The first-order chi connectivity index (χ1) is 13.1. The Balaban J connectivity index is 1.38. The average molecular weight is 495 g/mol. The molecule has 0 saturated carbocycles. The minimum Gasteiger partial charge on any atom is -0.486 e. The van der Waals surface area contributed by atoms with E-state index in [0.717, 1.165) is 8.95 Å². The fraction of sp³-hybridized carbons (Fsp3) is 0.105. The van der Waals surface area contributed by atoms with Gasteiger partial charge >= 0.3 is 0 Å². The summed E-state index contributed by atoms with van der Waals surface area (Å²) in [7, 11) is 0. The van der Waals surface area contributed by atoms with Gasteiger partial charge in [-0.25, -0.2) is 0 Å². The quantitative estimate of drug-likeness (QED) is 0.516. The second-order valence-electron chi connectivity index (χ2n) is 5.65. The maximum Gasteiger partial charge on any atom is 0.291 e. The lowest BCUT2D eigenvalue weighted by molar-refractivity contribution is 0.0992. The van der Waals surface area contributed by atoms with Crippen LogP contribution in [0.2, 0.25) is 0 Å². The van der Waals surface area contributed by atoms with Crippen molar-refractivity contribution < 1.29 is 23.4 Å². The third-order valence-electron chi connectivity index (χ3n) is 3.79. The zero-order valence-corrected chi connectivity index (χ0v) is 17.0. The minimum atomic E-state index is -0.340. The third-order valence-corrected chi connectivity index (χ3v) is 4.94. The molecule has 1 aromatic heterocycles. The van der Waals surface area contributed by atoms with E-state index in [0.29, 0.717) is 28.7 Å². The molecule has 4 rings (SSSR count). The third kappa shape index (κ3) is 4.12. The van der Waals surface area contributed by atoms with Crippen LogP contribution in [0.1, 0.15) is 16.3 Å². The summed E-state index contributed by atoms with van der Waals surface area (Å²) in [6, 6.07) is 14.1. The van der Waals surface area contributed by atoms with Crippen molar-refractivity contribution in [3.8, 4) is 17.2 Å². The number of ether oxygens (including phenoxy) is 3. The molecule has 8 heteroatoms. The summed E-state index contributed by atoms with van der Waals surface area (Å²) in [5.74, 6) is 2.36. The number of carbonyl (C=O) groups is 1. The van der Waals surface area contributed by atoms with Gasteiger partial charge in [0.25, 0.3) is 5.91 Å². The number of benzene rings is 2. The predicted octanol–water partition coefficient (Wildman–Crippen LogP) is 5.36. The van der Waals surface area contributed by atoms with Crippen molar-refractivity contribution in [1.29, 1.82) is 0 Å². The molecule has 3 aromatic rings. The minimum absolute atomic E-state index is 0.189. The molecular formula is C19H13Br2NO5. The zero-order chi connectivity index (χ0) is 18.8. The molecule has 0 saturated heterocycles. The predicted molar refractivity (Wildman–Crippen MR) is 105 cm³/mol. The SMILES string of the molecule is O=C(Nc1ccc(Br)cc1Br)c1ccc(COc2ccc3c(c2)OCO3)o1. The number of rotatable bonds is 5. The molecule has 0 radical (unpaired) electrons. The second-order valence-corrected chi connectivity index (χ2v) is 7.42. The maximum atomic E-state index is 12.4. The van der Waals surface area contributed by atoms with Gasteiger partial charge in [0.2, 0.25) is 6.79 Å². The Morgan fingerprint density at radius 1 is 1.04 bits per heavy atom. The van der Waals surface area contributed by atoms with E-state index < -0.39 is 0 Å². The van der Waals surface area contributed by atoms with Crippen LogP contribution in [-0.2, 0) is 6.61 Å². The summed E-state index contributed by atoms with van der Waals surface area (Å²) in [5, 5.41) is 2.80. The van der Waals surface area contributed by atoms with E-state index in [4.69, 9.17) is 18.6 Å². The summed E-state index contributed by atoms with van der Waals surface area (Å²) in [5.41, 5.74) is 0.651. The molecule has 2 heterocycles. The van der Waals surface area contributed by atoms with Gasteiger partial charge in [0.1, 0.15) is 18.1 Å². The van der Waals surface area contributed by atoms with Gasteiger partial charge in [0.05, 0.1) is 5.69 Å². The number of amides is 1. The van der Waals surface area contributed by atoms with Crippen LogP contribution in [-0.4, -0.2) is 12.7 Å². The van der Waals surface area contributed by atoms with Crippen molar-refractivity contribution in [3.05, 3.63) is 69.0 Å². The van der Waals surface area contributed by atoms with Crippen LogP contribution in [0.3, 0.4) is 0 Å². The Bertz CT molecular complexity index is 1000. The highest BCUT2D eigenvalue weighted by Gasteiger charge is 2.15. The van der Waals surface area contributed by atoms with Crippen molar-refractivity contribution in [2.24, 2.45) is 0 Å². The van der Waals surface area contributed by atoms with Crippen LogP contribution in [0.5, 0.6) is 17.2 Å². The smallest absolute Gasteiger partial charge is 0.291 e. The molecule has 1 aliphatic rings. The first-order valence-corrected chi connectivity index (χ1v) is 9.55. The van der Waals surface area contributed by atoms with Gasteiger partial charge in [-0.2, -0.15) is 0 Å². The Kier molecular flexibility index (Phi) is 5.09. The molecule has 0 atom stereocenters. The van der Waals surface area contributed by atoms with E-state index in [9.17, 15) is 4.79 Å². The highest BCUT2D eigenvalue weighted by Crippen LogP contribution is 2.35. The Morgan fingerprint density at radius 2 is 1.89 bits per heavy atom. The van der Waals surface area contributed by atoms with Crippen LogP contribution in [0.4, 0.5) is 5.69 Å². The first-order valence-electron chi connectivity index (χ1n) is 7.96. The van der Waals surface area contributed by atoms with Crippen molar-refractivity contribution >= 4 is 43.5 Å². The number of carbonyl (C=O) groups excluding carboxylic acids is 1. The van der Waals surface area contributed by atoms with Gasteiger partial charge in [-0.1, -0.05) is 15.9 Å².